The van der Waals surface area contributed by atoms with Gasteiger partial charge in [0, 0.05) is 16.5 Å². The maximum atomic E-state index is 7.25. The van der Waals surface area contributed by atoms with Gasteiger partial charge in [-0.3, -0.25) is 0 Å². The molecular formula is C16H21BrNNiO-5. The van der Waals surface area contributed by atoms with Gasteiger partial charge in [0.1, 0.15) is 0 Å². The van der Waals surface area contributed by atoms with Crippen LogP contribution in [0.2, 0.25) is 0 Å². The molecule has 0 saturated heterocycles. The van der Waals surface area contributed by atoms with Gasteiger partial charge in [0.25, 0.3) is 0 Å². The van der Waals surface area contributed by atoms with Crippen LogP contribution < -0.4 is 0 Å². The summed E-state index contributed by atoms with van der Waals surface area (Å²) in [6, 6.07) is 25.0. The summed E-state index contributed by atoms with van der Waals surface area (Å²) in [5.41, 5.74) is 5.75. The van der Waals surface area contributed by atoms with E-state index < -0.39 is 0 Å². The molecule has 0 fully saturated rings. The van der Waals surface area contributed by atoms with Crippen LogP contribution in [0.1, 0.15) is 13.8 Å². The Bertz CT molecular complexity index is 211. The van der Waals surface area contributed by atoms with Crippen LogP contribution in [0.25, 0.3) is 5.59 Å². The predicted octanol–water partition coefficient (Wildman–Crippen LogP) is 5.55. The van der Waals surface area contributed by atoms with Gasteiger partial charge in [0.15, 0.2) is 0 Å². The summed E-state index contributed by atoms with van der Waals surface area (Å²) in [6.07, 6.45) is 0. The summed E-state index contributed by atoms with van der Waals surface area (Å²) in [5.74, 6) is 0. The molecule has 0 spiro atoms. The van der Waals surface area contributed by atoms with Gasteiger partial charge in [-0.25, -0.2) is 0 Å². The first kappa shape index (κ1) is 31.4. The predicted molar refractivity (Wildman–Crippen MR) is 89.7 cm³/mol. The second-order valence-corrected chi connectivity index (χ2v) is 2.15. The van der Waals surface area contributed by atoms with Crippen molar-refractivity contribution in [3.8, 4) is 0 Å². The third-order valence-electron chi connectivity index (χ3n) is 1.21. The standard InChI is InChI=1S/2C6H5.2C2H5.BrH.NO.Ni/c2*1-2-4-6-5-3-1;2*1-2;;1-2;/h2*1-5H;2*1H2,2H3;1H;;/q4*-1;;-1;. The fraction of sp³-hybridized carbons (Fsp3) is 0.125. The van der Waals surface area contributed by atoms with Gasteiger partial charge >= 0.3 is 0 Å². The number of halogens is 1. The molecule has 2 rings (SSSR count). The Morgan fingerprint density at radius 2 is 0.850 bits per heavy atom. The van der Waals surface area contributed by atoms with Gasteiger partial charge in [-0.2, -0.15) is 86.6 Å². The molecule has 0 atom stereocenters. The Kier molecular flexibility index (Phi) is 67.5. The Balaban J connectivity index is -0.0000000512. The molecule has 0 amide bonds. The summed E-state index contributed by atoms with van der Waals surface area (Å²) >= 11 is 0. The molecule has 20 heavy (non-hydrogen) atoms. The minimum absolute atomic E-state index is 0. The average Bonchev–Trinajstić information content (AvgIpc) is 2.57. The van der Waals surface area contributed by atoms with E-state index in [0.29, 0.717) is 0 Å². The van der Waals surface area contributed by atoms with Crippen LogP contribution in [0.5, 0.6) is 0 Å². The largest absolute Gasteiger partial charge is 0.577 e. The quantitative estimate of drug-likeness (QED) is 0.435. The normalized spacial score (nSPS) is 5.60. The molecule has 4 heteroatoms. The van der Waals surface area contributed by atoms with E-state index in [-0.39, 0.29) is 33.5 Å². The van der Waals surface area contributed by atoms with Gasteiger partial charge in [-0.05, 0) is 0 Å². The number of nitrogens with zero attached hydrogens (tertiary/aromatic N) is 1. The zero-order chi connectivity index (χ0) is 14.5. The first-order valence-electron chi connectivity index (χ1n) is 5.42. The molecule has 0 aliphatic carbocycles. The number of hydrogen-bond acceptors (Lipinski definition) is 1. The third-order valence-corrected chi connectivity index (χ3v) is 1.21. The fourth-order valence-corrected chi connectivity index (χ4v) is 0.684. The van der Waals surface area contributed by atoms with E-state index >= 15 is 0 Å². The van der Waals surface area contributed by atoms with Crippen LogP contribution in [0.3, 0.4) is 0 Å². The number of rotatable bonds is 0. The zero-order valence-electron chi connectivity index (χ0n) is 11.8. The van der Waals surface area contributed by atoms with Gasteiger partial charge in [-0.15, -0.1) is 17.0 Å². The summed E-state index contributed by atoms with van der Waals surface area (Å²) in [5, 5.41) is 0. The topological polar surface area (TPSA) is 39.4 Å². The van der Waals surface area contributed by atoms with Crippen molar-refractivity contribution in [2.75, 3.05) is 0 Å². The van der Waals surface area contributed by atoms with Crippen LogP contribution in [0.4, 0.5) is 0 Å². The van der Waals surface area contributed by atoms with E-state index in [1.165, 1.54) is 0 Å². The second kappa shape index (κ2) is 43.0. The first-order chi connectivity index (χ1) is 9.00. The van der Waals surface area contributed by atoms with Crippen LogP contribution in [0.15, 0.2) is 60.7 Å². The molecule has 0 unspecified atom stereocenters. The van der Waals surface area contributed by atoms with Crippen molar-refractivity contribution in [1.82, 2.24) is 0 Å². The Morgan fingerprint density at radius 1 is 0.650 bits per heavy atom. The van der Waals surface area contributed by atoms with Crippen molar-refractivity contribution in [3.05, 3.63) is 97.1 Å². The molecule has 0 aliphatic heterocycles. The zero-order valence-corrected chi connectivity index (χ0v) is 14.5. The van der Waals surface area contributed by atoms with Crippen molar-refractivity contribution >= 4 is 17.0 Å². The Morgan fingerprint density at radius 3 is 0.900 bits per heavy atom. The maximum Gasteiger partial charge on any atom is 0 e. The van der Waals surface area contributed by atoms with Gasteiger partial charge in [0.05, 0.1) is 0 Å². The molecule has 0 heterocycles. The van der Waals surface area contributed by atoms with Gasteiger partial charge in [0.2, 0.25) is 0 Å². The number of hydrogen-bond donors (Lipinski definition) is 0. The monoisotopic (exact) mass is 380 g/mol. The molecule has 0 aromatic heterocycles. The van der Waals surface area contributed by atoms with Crippen molar-refractivity contribution in [2.45, 2.75) is 13.8 Å². The maximum absolute atomic E-state index is 7.25. The summed E-state index contributed by atoms with van der Waals surface area (Å²) < 4.78 is 0. The van der Waals surface area contributed by atoms with Crippen molar-refractivity contribution in [2.24, 2.45) is 0 Å². The van der Waals surface area contributed by atoms with Gasteiger partial charge in [-0.1, -0.05) is 0 Å². The van der Waals surface area contributed by atoms with E-state index in [1.54, 1.807) is 13.8 Å². The van der Waals surface area contributed by atoms with E-state index in [0.717, 1.165) is 0 Å². The fourth-order valence-electron chi connectivity index (χ4n) is 0.684. The Hall–Kier alpha value is -0.986. The molecule has 0 N–H and O–H groups in total. The summed E-state index contributed by atoms with van der Waals surface area (Å²) in [7, 11) is 0. The molecule has 2 nitrogen and oxygen atoms in total. The van der Waals surface area contributed by atoms with E-state index in [1.807, 2.05) is 60.7 Å². The summed E-state index contributed by atoms with van der Waals surface area (Å²) in [6.45, 7) is 10.0. The minimum Gasteiger partial charge on any atom is -0.577 e. The van der Waals surface area contributed by atoms with Crippen molar-refractivity contribution in [1.29, 1.82) is 0 Å². The van der Waals surface area contributed by atoms with E-state index in [2.05, 4.69) is 26.0 Å². The van der Waals surface area contributed by atoms with E-state index in [9.17, 15) is 0 Å². The second-order valence-electron chi connectivity index (χ2n) is 2.15. The molecule has 118 valence electrons. The van der Waals surface area contributed by atoms with Crippen LogP contribution in [0, 0.1) is 30.9 Å². The molecule has 0 saturated carbocycles. The third kappa shape index (κ3) is 36.0. The van der Waals surface area contributed by atoms with Crippen LogP contribution in [-0.2, 0) is 16.5 Å². The molecule has 2 aromatic rings. The van der Waals surface area contributed by atoms with Crippen LogP contribution in [-0.4, -0.2) is 0 Å². The van der Waals surface area contributed by atoms with E-state index in [4.69, 9.17) is 10.5 Å². The molecule has 0 radical (unpaired) electrons. The molecule has 2 aromatic carbocycles. The number of nitroso groups, excluding NO2 is 1. The molecule has 0 aliphatic rings. The van der Waals surface area contributed by atoms with Crippen molar-refractivity contribution < 1.29 is 16.5 Å². The number of benzene rings is 2. The van der Waals surface area contributed by atoms with Crippen LogP contribution >= 0.6 is 17.0 Å². The summed E-state index contributed by atoms with van der Waals surface area (Å²) in [4.78, 5) is 7.25. The SMILES string of the molecule is Br.[CH2-]C.[CH2-]C.[N-]=O.[Ni].[c-]1ccccc1.[c-]1ccccc1. The van der Waals surface area contributed by atoms with Gasteiger partial charge < -0.3 is 24.3 Å². The average molecular weight is 382 g/mol. The molecular weight excluding hydrogens is 361 g/mol. The first-order valence-corrected chi connectivity index (χ1v) is 5.42. The van der Waals surface area contributed by atoms with Crippen molar-refractivity contribution in [3.63, 3.8) is 0 Å². The Labute approximate surface area is 144 Å². The molecule has 0 bridgehead atoms. The smallest absolute Gasteiger partial charge is 0 e. The minimum atomic E-state index is 0.